The molecule has 1 aliphatic heterocycles. The molecule has 0 unspecified atom stereocenters. The van der Waals surface area contributed by atoms with Gasteiger partial charge in [0, 0.05) is 0 Å². The van der Waals surface area contributed by atoms with Gasteiger partial charge in [-0.2, -0.15) is 11.8 Å². The Hall–Kier alpha value is -0.300. The molecule has 1 aliphatic carbocycles. The van der Waals surface area contributed by atoms with Crippen LogP contribution in [0.15, 0.2) is 0 Å². The van der Waals surface area contributed by atoms with E-state index in [9.17, 15) is 9.90 Å². The molecule has 1 saturated carbocycles. The van der Waals surface area contributed by atoms with Crippen molar-refractivity contribution < 1.29 is 14.6 Å². The summed E-state index contributed by atoms with van der Waals surface area (Å²) in [5.41, 5.74) is -0.610. The SMILES string of the molecule is CN[C@@H](C(=O)N1[C@@H](CCSC)COC1(C)C)[C@H](O)C1CCCCC1. The van der Waals surface area contributed by atoms with Crippen LogP contribution < -0.4 is 5.32 Å². The van der Waals surface area contributed by atoms with Gasteiger partial charge in [0.05, 0.1) is 18.8 Å². The van der Waals surface area contributed by atoms with Crippen molar-refractivity contribution >= 4 is 17.7 Å². The van der Waals surface area contributed by atoms with Gasteiger partial charge in [-0.15, -0.1) is 0 Å². The predicted molar refractivity (Wildman–Crippen MR) is 99.1 cm³/mol. The lowest BCUT2D eigenvalue weighted by molar-refractivity contribution is -0.152. The molecule has 0 bridgehead atoms. The molecule has 140 valence electrons. The number of aliphatic hydroxyl groups is 1. The number of rotatable bonds is 7. The number of likely N-dealkylation sites (N-methyl/N-ethyl adjacent to an activating group) is 1. The maximum Gasteiger partial charge on any atom is 0.244 e. The summed E-state index contributed by atoms with van der Waals surface area (Å²) in [6, 6.07) is -0.458. The minimum Gasteiger partial charge on any atom is -0.391 e. The normalized spacial score (nSPS) is 27.2. The smallest absolute Gasteiger partial charge is 0.244 e. The summed E-state index contributed by atoms with van der Waals surface area (Å²) >= 11 is 1.79. The van der Waals surface area contributed by atoms with E-state index in [1.165, 1.54) is 6.42 Å². The van der Waals surface area contributed by atoms with Gasteiger partial charge >= 0.3 is 0 Å². The van der Waals surface area contributed by atoms with Crippen molar-refractivity contribution in [3.8, 4) is 0 Å². The van der Waals surface area contributed by atoms with E-state index in [4.69, 9.17) is 4.74 Å². The van der Waals surface area contributed by atoms with Crippen molar-refractivity contribution in [1.29, 1.82) is 0 Å². The Morgan fingerprint density at radius 2 is 2.04 bits per heavy atom. The van der Waals surface area contributed by atoms with Gasteiger partial charge in [-0.1, -0.05) is 19.3 Å². The van der Waals surface area contributed by atoms with Crippen LogP contribution in [0.1, 0.15) is 52.4 Å². The maximum atomic E-state index is 13.3. The molecule has 0 radical (unpaired) electrons. The van der Waals surface area contributed by atoms with Gasteiger partial charge in [0.15, 0.2) is 0 Å². The fourth-order valence-electron chi connectivity index (χ4n) is 4.13. The van der Waals surface area contributed by atoms with Crippen LogP contribution in [0.25, 0.3) is 0 Å². The Morgan fingerprint density at radius 1 is 1.38 bits per heavy atom. The zero-order valence-electron chi connectivity index (χ0n) is 15.6. The number of nitrogens with one attached hydrogen (secondary N) is 1. The van der Waals surface area contributed by atoms with E-state index in [1.807, 2.05) is 18.7 Å². The van der Waals surface area contributed by atoms with Crippen LogP contribution in [0.2, 0.25) is 0 Å². The highest BCUT2D eigenvalue weighted by Gasteiger charge is 2.47. The highest BCUT2D eigenvalue weighted by Crippen LogP contribution is 2.33. The van der Waals surface area contributed by atoms with E-state index >= 15 is 0 Å². The summed E-state index contributed by atoms with van der Waals surface area (Å²) in [7, 11) is 1.77. The first-order valence-electron chi connectivity index (χ1n) is 9.23. The Morgan fingerprint density at radius 3 is 2.62 bits per heavy atom. The summed E-state index contributed by atoms with van der Waals surface area (Å²) in [5, 5.41) is 13.9. The first kappa shape index (κ1) is 20.0. The second kappa shape index (κ2) is 8.88. The molecular formula is C18H34N2O3S. The fraction of sp³-hybridized carbons (Fsp3) is 0.944. The monoisotopic (exact) mass is 358 g/mol. The van der Waals surface area contributed by atoms with Crippen LogP contribution in [0.3, 0.4) is 0 Å². The summed E-state index contributed by atoms with van der Waals surface area (Å²) in [6.45, 7) is 4.47. The zero-order chi connectivity index (χ0) is 17.7. The number of carbonyl (C=O) groups excluding carboxylic acids is 1. The second-order valence-corrected chi connectivity index (χ2v) is 8.54. The molecule has 24 heavy (non-hydrogen) atoms. The van der Waals surface area contributed by atoms with Crippen molar-refractivity contribution in [2.24, 2.45) is 5.92 Å². The average Bonchev–Trinajstić information content (AvgIpc) is 2.88. The van der Waals surface area contributed by atoms with Gasteiger partial charge in [-0.3, -0.25) is 4.79 Å². The lowest BCUT2D eigenvalue weighted by atomic mass is 9.82. The Balaban J connectivity index is 2.11. The van der Waals surface area contributed by atoms with Crippen molar-refractivity contribution in [1.82, 2.24) is 10.2 Å². The molecule has 0 aromatic rings. The maximum absolute atomic E-state index is 13.3. The van der Waals surface area contributed by atoms with Gasteiger partial charge in [-0.25, -0.2) is 0 Å². The lowest BCUT2D eigenvalue weighted by Gasteiger charge is -2.39. The van der Waals surface area contributed by atoms with Gasteiger partial charge in [0.1, 0.15) is 11.8 Å². The number of thioether (sulfide) groups is 1. The molecule has 1 saturated heterocycles. The second-order valence-electron chi connectivity index (χ2n) is 7.56. The molecule has 3 atom stereocenters. The predicted octanol–water partition coefficient (Wildman–Crippen LogP) is 2.23. The van der Waals surface area contributed by atoms with Crippen LogP contribution in [0.5, 0.6) is 0 Å². The molecule has 2 fully saturated rings. The van der Waals surface area contributed by atoms with Gasteiger partial charge < -0.3 is 20.1 Å². The lowest BCUT2D eigenvalue weighted by Crippen LogP contribution is -2.59. The first-order valence-corrected chi connectivity index (χ1v) is 10.6. The van der Waals surface area contributed by atoms with E-state index < -0.39 is 17.9 Å². The standard InChI is InChI=1S/C18H34N2O3S/c1-18(2)20(14(12-23-18)10-11-24-4)17(22)15(19-3)16(21)13-8-6-5-7-9-13/h13-16,19,21H,5-12H2,1-4H3/t14-,15+,16+/m0/s1. The number of carbonyl (C=O) groups is 1. The Bertz CT molecular complexity index is 413. The summed E-state index contributed by atoms with van der Waals surface area (Å²) in [5.74, 6) is 1.20. The van der Waals surface area contributed by atoms with Crippen molar-refractivity contribution in [3.05, 3.63) is 0 Å². The van der Waals surface area contributed by atoms with Crippen molar-refractivity contribution in [2.75, 3.05) is 25.7 Å². The van der Waals surface area contributed by atoms with Gasteiger partial charge in [0.2, 0.25) is 5.91 Å². The van der Waals surface area contributed by atoms with E-state index in [-0.39, 0.29) is 17.9 Å². The average molecular weight is 359 g/mol. The summed E-state index contributed by atoms with van der Waals surface area (Å²) in [4.78, 5) is 15.1. The minimum atomic E-state index is -0.625. The van der Waals surface area contributed by atoms with Gasteiger partial charge in [-0.05, 0) is 58.1 Å². The number of hydrogen-bond donors (Lipinski definition) is 2. The van der Waals surface area contributed by atoms with Crippen LogP contribution >= 0.6 is 11.8 Å². The molecular weight excluding hydrogens is 324 g/mol. The highest BCUT2D eigenvalue weighted by molar-refractivity contribution is 7.98. The van der Waals surface area contributed by atoms with E-state index in [0.717, 1.165) is 37.9 Å². The van der Waals surface area contributed by atoms with Crippen LogP contribution in [0, 0.1) is 5.92 Å². The summed E-state index contributed by atoms with van der Waals surface area (Å²) < 4.78 is 5.89. The molecule has 2 aliphatic rings. The molecule has 0 aromatic carbocycles. The number of amides is 1. The first-order chi connectivity index (χ1) is 11.4. The van der Waals surface area contributed by atoms with Crippen LogP contribution in [-0.4, -0.2) is 65.5 Å². The van der Waals surface area contributed by atoms with Crippen LogP contribution in [-0.2, 0) is 9.53 Å². The number of hydrogen-bond acceptors (Lipinski definition) is 5. The van der Waals surface area contributed by atoms with E-state index in [2.05, 4.69) is 11.6 Å². The zero-order valence-corrected chi connectivity index (χ0v) is 16.4. The third kappa shape index (κ3) is 4.45. The molecule has 1 amide bonds. The Labute approximate surface area is 150 Å². The molecule has 0 aromatic heterocycles. The highest BCUT2D eigenvalue weighted by atomic mass is 32.2. The summed E-state index contributed by atoms with van der Waals surface area (Å²) in [6.07, 6.45) is 7.96. The number of ether oxygens (including phenoxy) is 1. The van der Waals surface area contributed by atoms with Crippen LogP contribution in [0.4, 0.5) is 0 Å². The number of aliphatic hydroxyl groups excluding tert-OH is 1. The minimum absolute atomic E-state index is 0.0239. The van der Waals surface area contributed by atoms with E-state index in [1.54, 1.807) is 18.8 Å². The molecule has 2 rings (SSSR count). The molecule has 5 nitrogen and oxygen atoms in total. The third-order valence-electron chi connectivity index (χ3n) is 5.52. The third-order valence-corrected chi connectivity index (χ3v) is 6.16. The molecule has 2 N–H and O–H groups in total. The van der Waals surface area contributed by atoms with Gasteiger partial charge in [0.25, 0.3) is 0 Å². The fourth-order valence-corrected chi connectivity index (χ4v) is 4.64. The number of nitrogens with zero attached hydrogens (tertiary/aromatic N) is 1. The molecule has 6 heteroatoms. The van der Waals surface area contributed by atoms with Crippen molar-refractivity contribution in [2.45, 2.75) is 76.3 Å². The topological polar surface area (TPSA) is 61.8 Å². The largest absolute Gasteiger partial charge is 0.391 e. The van der Waals surface area contributed by atoms with Crippen molar-refractivity contribution in [3.63, 3.8) is 0 Å². The van der Waals surface area contributed by atoms with E-state index in [0.29, 0.717) is 6.61 Å². The molecule has 0 spiro atoms. The quantitative estimate of drug-likeness (QED) is 0.731. The molecule has 1 heterocycles. The Kier molecular flexibility index (Phi) is 7.40.